The average Bonchev–Trinajstić information content (AvgIpc) is 3.46. The van der Waals surface area contributed by atoms with Crippen LogP contribution in [0.25, 0.3) is 0 Å². The van der Waals surface area contributed by atoms with E-state index < -0.39 is 6.10 Å². The van der Waals surface area contributed by atoms with Crippen LogP contribution >= 0.6 is 0 Å². The summed E-state index contributed by atoms with van der Waals surface area (Å²) in [6.45, 7) is 6.68. The molecule has 6 nitrogen and oxygen atoms in total. The van der Waals surface area contributed by atoms with Crippen LogP contribution in [0.1, 0.15) is 387 Å². The Morgan fingerprint density at radius 1 is 0.250 bits per heavy atom. The second-order valence-electron chi connectivity index (χ2n) is 24.1. The average molecular weight is 1120 g/mol. The minimum Gasteiger partial charge on any atom is -0.462 e. The zero-order valence-electron chi connectivity index (χ0n) is 53.9. The molecule has 0 N–H and O–H groups in total. The lowest BCUT2D eigenvalue weighted by Crippen LogP contribution is -2.30. The molecule has 0 aromatic carbocycles. The molecular formula is C74H136O6. The fraction of sp³-hybridized carbons (Fsp3) is 0.851. The number of ether oxygens (including phenoxy) is 3. The van der Waals surface area contributed by atoms with Crippen LogP contribution in [0.4, 0.5) is 0 Å². The van der Waals surface area contributed by atoms with Crippen molar-refractivity contribution in [2.24, 2.45) is 0 Å². The van der Waals surface area contributed by atoms with Gasteiger partial charge in [-0.3, -0.25) is 14.4 Å². The number of rotatable bonds is 66. The number of carbonyl (C=O) groups excluding carboxylic acids is 3. The molecule has 0 bridgehead atoms. The summed E-state index contributed by atoms with van der Waals surface area (Å²) in [7, 11) is 0. The fourth-order valence-electron chi connectivity index (χ4n) is 10.7. The molecule has 0 saturated carbocycles. The maximum absolute atomic E-state index is 12.9. The number of hydrogen-bond donors (Lipinski definition) is 0. The van der Waals surface area contributed by atoms with Gasteiger partial charge < -0.3 is 14.2 Å². The van der Waals surface area contributed by atoms with Crippen LogP contribution in [0.3, 0.4) is 0 Å². The second-order valence-corrected chi connectivity index (χ2v) is 24.1. The van der Waals surface area contributed by atoms with Crippen molar-refractivity contribution in [3.8, 4) is 0 Å². The summed E-state index contributed by atoms with van der Waals surface area (Å²) in [4.78, 5) is 38.4. The van der Waals surface area contributed by atoms with Crippen molar-refractivity contribution in [1.29, 1.82) is 0 Å². The SMILES string of the molecule is CCCCCCC/C=C\C/C=C\C/C=C\CCCCCCCCCCC(=O)OC(COC(=O)CCCCCCCCCCCCCC)COC(=O)CCCCCCCCCCCCCCCCC/C=C\CCCCCCCCCC. The van der Waals surface area contributed by atoms with Crippen LogP contribution in [0, 0.1) is 0 Å². The summed E-state index contributed by atoms with van der Waals surface area (Å²) in [6.07, 6.45) is 87.1. The summed E-state index contributed by atoms with van der Waals surface area (Å²) in [5, 5.41) is 0. The molecule has 80 heavy (non-hydrogen) atoms. The summed E-state index contributed by atoms with van der Waals surface area (Å²) in [5.41, 5.74) is 0. The van der Waals surface area contributed by atoms with Crippen molar-refractivity contribution in [3.05, 3.63) is 48.6 Å². The van der Waals surface area contributed by atoms with Crippen LogP contribution in [0.5, 0.6) is 0 Å². The molecule has 0 amide bonds. The van der Waals surface area contributed by atoms with Crippen molar-refractivity contribution in [2.75, 3.05) is 13.2 Å². The van der Waals surface area contributed by atoms with Gasteiger partial charge in [0.25, 0.3) is 0 Å². The number of esters is 3. The smallest absolute Gasteiger partial charge is 0.306 e. The number of unbranched alkanes of at least 4 members (excludes halogenated alkanes) is 47. The van der Waals surface area contributed by atoms with Gasteiger partial charge in [0.05, 0.1) is 0 Å². The van der Waals surface area contributed by atoms with E-state index in [2.05, 4.69) is 69.4 Å². The first-order valence-electron chi connectivity index (χ1n) is 35.6. The second kappa shape index (κ2) is 68.9. The maximum Gasteiger partial charge on any atom is 0.306 e. The van der Waals surface area contributed by atoms with E-state index in [0.717, 1.165) is 77.0 Å². The molecule has 0 heterocycles. The summed E-state index contributed by atoms with van der Waals surface area (Å²) < 4.78 is 17.0. The third-order valence-electron chi connectivity index (χ3n) is 16.1. The van der Waals surface area contributed by atoms with Gasteiger partial charge in [-0.1, -0.05) is 333 Å². The van der Waals surface area contributed by atoms with E-state index in [4.69, 9.17) is 14.2 Å². The first-order chi connectivity index (χ1) is 39.5. The van der Waals surface area contributed by atoms with Gasteiger partial charge in [0.1, 0.15) is 13.2 Å². The molecule has 0 aromatic heterocycles. The van der Waals surface area contributed by atoms with Crippen molar-refractivity contribution >= 4 is 17.9 Å². The predicted octanol–water partition coefficient (Wildman–Crippen LogP) is 24.5. The summed E-state index contributed by atoms with van der Waals surface area (Å²) in [6, 6.07) is 0. The molecule has 6 heteroatoms. The Morgan fingerprint density at radius 3 is 0.713 bits per heavy atom. The largest absolute Gasteiger partial charge is 0.462 e. The highest BCUT2D eigenvalue weighted by molar-refractivity contribution is 5.71. The Balaban J connectivity index is 4.22. The Labute approximate surface area is 498 Å². The van der Waals surface area contributed by atoms with E-state index in [9.17, 15) is 14.4 Å². The van der Waals surface area contributed by atoms with Crippen LogP contribution in [-0.4, -0.2) is 37.2 Å². The molecule has 0 aromatic rings. The molecule has 0 fully saturated rings. The zero-order valence-corrected chi connectivity index (χ0v) is 53.9. The van der Waals surface area contributed by atoms with E-state index in [-0.39, 0.29) is 31.1 Å². The molecular weight excluding hydrogens is 985 g/mol. The van der Waals surface area contributed by atoms with Gasteiger partial charge in [-0.05, 0) is 83.5 Å². The minimum atomic E-state index is -0.776. The summed E-state index contributed by atoms with van der Waals surface area (Å²) >= 11 is 0. The van der Waals surface area contributed by atoms with E-state index in [0.29, 0.717) is 19.3 Å². The molecule has 1 unspecified atom stereocenters. The van der Waals surface area contributed by atoms with Gasteiger partial charge in [0, 0.05) is 19.3 Å². The molecule has 0 radical (unpaired) electrons. The molecule has 1 atom stereocenters. The summed E-state index contributed by atoms with van der Waals surface area (Å²) in [5.74, 6) is -0.853. The molecule has 0 rings (SSSR count). The van der Waals surface area contributed by atoms with Crippen LogP contribution in [0.15, 0.2) is 48.6 Å². The van der Waals surface area contributed by atoms with E-state index >= 15 is 0 Å². The lowest BCUT2D eigenvalue weighted by atomic mass is 10.0. The first kappa shape index (κ1) is 77.4. The third-order valence-corrected chi connectivity index (χ3v) is 16.1. The molecule has 0 aliphatic heterocycles. The Kier molecular flexibility index (Phi) is 66.6. The topological polar surface area (TPSA) is 78.9 Å². The highest BCUT2D eigenvalue weighted by Crippen LogP contribution is 2.18. The Bertz CT molecular complexity index is 1380. The predicted molar refractivity (Wildman–Crippen MR) is 349 cm³/mol. The molecule has 0 spiro atoms. The Morgan fingerprint density at radius 2 is 0.450 bits per heavy atom. The van der Waals surface area contributed by atoms with Crippen molar-refractivity contribution in [2.45, 2.75) is 393 Å². The first-order valence-corrected chi connectivity index (χ1v) is 35.6. The van der Waals surface area contributed by atoms with Gasteiger partial charge in [-0.25, -0.2) is 0 Å². The van der Waals surface area contributed by atoms with E-state index in [1.807, 2.05) is 0 Å². The number of hydrogen-bond acceptors (Lipinski definition) is 6. The van der Waals surface area contributed by atoms with Crippen molar-refractivity contribution in [1.82, 2.24) is 0 Å². The fourth-order valence-corrected chi connectivity index (χ4v) is 10.7. The maximum atomic E-state index is 12.9. The monoisotopic (exact) mass is 1120 g/mol. The van der Waals surface area contributed by atoms with Crippen molar-refractivity contribution in [3.63, 3.8) is 0 Å². The quantitative estimate of drug-likeness (QED) is 0.0261. The standard InChI is InChI=1S/C74H136O6/c1-4-7-10-13-16-19-22-25-27-29-31-33-35-36-37-38-40-41-43-45-47-49-52-55-58-61-64-67-73(76)79-70-71(69-78-72(75)66-63-60-57-54-51-24-21-18-15-12-9-6-3)80-74(77)68-65-62-59-56-53-50-48-46-44-42-39-34-32-30-28-26-23-20-17-14-11-8-5-2/h23,26,29-32,39,42,71H,4-22,24-25,27-28,33-38,40-41,43-70H2,1-3H3/b26-23-,31-29-,32-30-,42-39-. The van der Waals surface area contributed by atoms with Crippen LogP contribution in [0.2, 0.25) is 0 Å². The van der Waals surface area contributed by atoms with Gasteiger partial charge in [0.15, 0.2) is 6.10 Å². The zero-order chi connectivity index (χ0) is 57.8. The number of carbonyl (C=O) groups is 3. The van der Waals surface area contributed by atoms with Crippen LogP contribution < -0.4 is 0 Å². The minimum absolute atomic E-state index is 0.0715. The highest BCUT2D eigenvalue weighted by Gasteiger charge is 2.19. The lowest BCUT2D eigenvalue weighted by Gasteiger charge is -2.18. The Hall–Kier alpha value is -2.63. The molecule has 0 saturated heterocycles. The number of allylic oxidation sites excluding steroid dienone is 8. The van der Waals surface area contributed by atoms with Gasteiger partial charge >= 0.3 is 17.9 Å². The van der Waals surface area contributed by atoms with Crippen molar-refractivity contribution < 1.29 is 28.6 Å². The molecule has 0 aliphatic rings. The normalized spacial score (nSPS) is 12.3. The van der Waals surface area contributed by atoms with Gasteiger partial charge in [0.2, 0.25) is 0 Å². The lowest BCUT2D eigenvalue weighted by molar-refractivity contribution is -0.167. The van der Waals surface area contributed by atoms with Crippen LogP contribution in [-0.2, 0) is 28.6 Å². The van der Waals surface area contributed by atoms with E-state index in [1.165, 1.54) is 270 Å². The van der Waals surface area contributed by atoms with Gasteiger partial charge in [-0.2, -0.15) is 0 Å². The molecule has 468 valence electrons. The van der Waals surface area contributed by atoms with Gasteiger partial charge in [-0.15, -0.1) is 0 Å². The third kappa shape index (κ3) is 66.2. The molecule has 0 aliphatic carbocycles. The van der Waals surface area contributed by atoms with E-state index in [1.54, 1.807) is 0 Å². The highest BCUT2D eigenvalue weighted by atomic mass is 16.6.